The molecule has 0 saturated carbocycles. The maximum atomic E-state index is 5.61. The van der Waals surface area contributed by atoms with Gasteiger partial charge in [-0.3, -0.25) is 0 Å². The molecule has 0 spiro atoms. The number of hydrogen-bond acceptors (Lipinski definition) is 4. The molecule has 0 atom stereocenters. The lowest BCUT2D eigenvalue weighted by Gasteiger charge is -1.97. The van der Waals surface area contributed by atoms with Crippen LogP contribution in [0.2, 0.25) is 0 Å². The smallest absolute Gasteiger partial charge is 0.230 e. The predicted molar refractivity (Wildman–Crippen MR) is 114 cm³/mol. The van der Waals surface area contributed by atoms with Gasteiger partial charge in [0.2, 0.25) is 5.89 Å². The number of oxazole rings is 1. The minimum absolute atomic E-state index is 0.523. The number of nitrogens with zero attached hydrogens (tertiary/aromatic N) is 3. The van der Waals surface area contributed by atoms with Crippen molar-refractivity contribution >= 4 is 46.4 Å². The maximum absolute atomic E-state index is 5.61. The lowest BCUT2D eigenvalue weighted by molar-refractivity contribution is 0.575. The fourth-order valence-electron chi connectivity index (χ4n) is 3.58. The Morgan fingerprint density at radius 2 is 1.34 bits per heavy atom. The van der Waals surface area contributed by atoms with Crippen LogP contribution in [0.25, 0.3) is 57.8 Å². The first kappa shape index (κ1) is 15.8. The zero-order valence-electron chi connectivity index (χ0n) is 15.3. The topological polar surface area (TPSA) is 83.4 Å². The minimum Gasteiger partial charge on any atom is -0.444 e. The first-order valence-corrected chi connectivity index (χ1v) is 9.27. The molecule has 6 nitrogen and oxygen atoms in total. The van der Waals surface area contributed by atoms with Crippen molar-refractivity contribution in [1.29, 1.82) is 0 Å². The van der Waals surface area contributed by atoms with Crippen LogP contribution in [0.15, 0.2) is 59.3 Å². The molecule has 0 fully saturated rings. The van der Waals surface area contributed by atoms with E-state index in [9.17, 15) is 0 Å². The van der Waals surface area contributed by atoms with Crippen LogP contribution in [0.1, 0.15) is 22.8 Å². The summed E-state index contributed by atoms with van der Waals surface area (Å²) in [5.74, 6) is 0.523. The molecule has 0 saturated heterocycles. The Balaban J connectivity index is 1.74. The number of aromatic nitrogens is 5. The summed E-state index contributed by atoms with van der Waals surface area (Å²) in [4.78, 5) is 20.6. The van der Waals surface area contributed by atoms with Gasteiger partial charge in [-0.2, -0.15) is 0 Å². The van der Waals surface area contributed by atoms with Gasteiger partial charge < -0.3 is 14.4 Å². The van der Waals surface area contributed by atoms with Crippen molar-refractivity contribution in [2.24, 2.45) is 0 Å². The molecule has 0 unspecified atom stereocenters. The van der Waals surface area contributed by atoms with Gasteiger partial charge in [-0.25, -0.2) is 15.0 Å². The zero-order chi connectivity index (χ0) is 19.2. The number of aromatic amines is 2. The van der Waals surface area contributed by atoms with Gasteiger partial charge >= 0.3 is 0 Å². The van der Waals surface area contributed by atoms with Gasteiger partial charge in [0.25, 0.3) is 0 Å². The van der Waals surface area contributed by atoms with Gasteiger partial charge in [0.05, 0.1) is 40.1 Å². The van der Waals surface area contributed by atoms with Gasteiger partial charge in [0.15, 0.2) is 0 Å². The highest BCUT2D eigenvalue weighted by Gasteiger charge is 2.14. The second-order valence-electron chi connectivity index (χ2n) is 6.89. The first-order valence-electron chi connectivity index (χ1n) is 9.27. The van der Waals surface area contributed by atoms with E-state index in [2.05, 4.69) is 19.9 Å². The average molecular weight is 377 g/mol. The van der Waals surface area contributed by atoms with Crippen molar-refractivity contribution in [3.05, 3.63) is 77.7 Å². The SMILES string of the molecule is C1=Cc2cc3ccc([nH]3)c(-c3ncco3)c3nc(cc4ccc(cc1n2)[nH]4)C=C3. The molecular formula is C23H15N5O. The molecule has 29 heavy (non-hydrogen) atoms. The molecule has 8 bridgehead atoms. The van der Waals surface area contributed by atoms with Crippen molar-refractivity contribution in [3.63, 3.8) is 0 Å². The fraction of sp³-hybridized carbons (Fsp3) is 0. The van der Waals surface area contributed by atoms with Crippen LogP contribution >= 0.6 is 0 Å². The zero-order valence-corrected chi connectivity index (χ0v) is 15.3. The van der Waals surface area contributed by atoms with Crippen LogP contribution < -0.4 is 0 Å². The third kappa shape index (κ3) is 2.87. The second-order valence-corrected chi connectivity index (χ2v) is 6.89. The summed E-state index contributed by atoms with van der Waals surface area (Å²) in [5.41, 5.74) is 8.07. The van der Waals surface area contributed by atoms with E-state index in [0.717, 1.165) is 50.4 Å². The molecule has 0 radical (unpaired) electrons. The molecule has 138 valence electrons. The van der Waals surface area contributed by atoms with Gasteiger partial charge in [-0.15, -0.1) is 0 Å². The summed E-state index contributed by atoms with van der Waals surface area (Å²) in [6.45, 7) is 0. The van der Waals surface area contributed by atoms with Crippen LogP contribution in [0, 0.1) is 0 Å². The molecule has 4 aromatic rings. The van der Waals surface area contributed by atoms with Gasteiger partial charge in [-0.05, 0) is 66.8 Å². The maximum Gasteiger partial charge on any atom is 0.230 e. The Bertz CT molecular complexity index is 1450. The second kappa shape index (κ2) is 6.17. The van der Waals surface area contributed by atoms with E-state index in [1.165, 1.54) is 0 Å². The Labute approximate surface area is 165 Å². The Hall–Kier alpha value is -4.19. The lowest BCUT2D eigenvalue weighted by Crippen LogP contribution is -1.85. The normalized spacial score (nSPS) is 12.6. The lowest BCUT2D eigenvalue weighted by atomic mass is 10.2. The quantitative estimate of drug-likeness (QED) is 0.407. The monoisotopic (exact) mass is 377 g/mol. The van der Waals surface area contributed by atoms with Crippen molar-refractivity contribution in [3.8, 4) is 11.5 Å². The molecular weight excluding hydrogens is 362 g/mol. The summed E-state index contributed by atoms with van der Waals surface area (Å²) < 4.78 is 5.61. The van der Waals surface area contributed by atoms with E-state index < -0.39 is 0 Å². The molecule has 6 heteroatoms. The number of rotatable bonds is 1. The number of hydrogen-bond donors (Lipinski definition) is 2. The molecule has 4 aromatic heterocycles. The predicted octanol–water partition coefficient (Wildman–Crippen LogP) is 5.31. The third-order valence-corrected chi connectivity index (χ3v) is 4.87. The largest absolute Gasteiger partial charge is 0.444 e. The highest BCUT2D eigenvalue weighted by molar-refractivity contribution is 5.88. The Kier molecular flexibility index (Phi) is 3.37. The van der Waals surface area contributed by atoms with E-state index in [0.29, 0.717) is 5.89 Å². The number of H-pyrrole nitrogens is 2. The molecule has 0 amide bonds. The Morgan fingerprint density at radius 1 is 0.690 bits per heavy atom. The molecule has 6 heterocycles. The first-order chi connectivity index (χ1) is 14.3. The van der Waals surface area contributed by atoms with Crippen molar-refractivity contribution in [2.45, 2.75) is 0 Å². The van der Waals surface area contributed by atoms with Crippen molar-refractivity contribution < 1.29 is 4.42 Å². The molecule has 0 aromatic carbocycles. The van der Waals surface area contributed by atoms with Crippen LogP contribution in [0.4, 0.5) is 0 Å². The molecule has 2 N–H and O–H groups in total. The van der Waals surface area contributed by atoms with Gasteiger partial charge in [0.1, 0.15) is 6.26 Å². The molecule has 0 aliphatic carbocycles. The Morgan fingerprint density at radius 3 is 2.07 bits per heavy atom. The van der Waals surface area contributed by atoms with Gasteiger partial charge in [-0.1, -0.05) is 0 Å². The molecule has 2 aliphatic heterocycles. The van der Waals surface area contributed by atoms with Crippen LogP contribution in [0.5, 0.6) is 0 Å². The molecule has 2 aliphatic rings. The van der Waals surface area contributed by atoms with E-state index in [-0.39, 0.29) is 0 Å². The summed E-state index contributed by atoms with van der Waals surface area (Å²) >= 11 is 0. The van der Waals surface area contributed by atoms with Gasteiger partial charge in [0, 0.05) is 16.6 Å². The minimum atomic E-state index is 0.523. The summed E-state index contributed by atoms with van der Waals surface area (Å²) in [7, 11) is 0. The summed E-state index contributed by atoms with van der Waals surface area (Å²) in [6, 6.07) is 14.1. The van der Waals surface area contributed by atoms with Crippen LogP contribution in [0.3, 0.4) is 0 Å². The summed E-state index contributed by atoms with van der Waals surface area (Å²) in [5, 5.41) is 0. The van der Waals surface area contributed by atoms with E-state index in [1.54, 1.807) is 12.5 Å². The van der Waals surface area contributed by atoms with Crippen molar-refractivity contribution in [2.75, 3.05) is 0 Å². The summed E-state index contributed by atoms with van der Waals surface area (Å²) in [6.07, 6.45) is 11.2. The highest BCUT2D eigenvalue weighted by atomic mass is 16.3. The highest BCUT2D eigenvalue weighted by Crippen LogP contribution is 2.28. The number of nitrogens with one attached hydrogen (secondary N) is 2. The fourth-order valence-corrected chi connectivity index (χ4v) is 3.58. The van der Waals surface area contributed by atoms with E-state index >= 15 is 0 Å². The molecule has 6 rings (SSSR count). The van der Waals surface area contributed by atoms with Crippen LogP contribution in [-0.2, 0) is 0 Å². The van der Waals surface area contributed by atoms with Crippen molar-refractivity contribution in [1.82, 2.24) is 24.9 Å². The number of fused-ring (bicyclic) bond motifs is 8. The standard InChI is InChI=1S/C23H15N5O/c1-3-16-12-18-5-7-20(27-18)22(23-24-9-10-29-23)21-8-6-19(28-21)13-17-4-2-15(26-17)11-14(1)25-16/h1-13,25,28H. The van der Waals surface area contributed by atoms with E-state index in [1.807, 2.05) is 66.8 Å². The third-order valence-electron chi connectivity index (χ3n) is 4.87. The van der Waals surface area contributed by atoms with Crippen LogP contribution in [-0.4, -0.2) is 24.9 Å². The van der Waals surface area contributed by atoms with E-state index in [4.69, 9.17) is 9.40 Å². The average Bonchev–Trinajstić information content (AvgIpc) is 3.51.